The quantitative estimate of drug-likeness (QED) is 0.514. The first-order chi connectivity index (χ1) is 11.2. The molecule has 2 heterocycles. The molecule has 0 aliphatic carbocycles. The Morgan fingerprint density at radius 3 is 2.65 bits per heavy atom. The maximum Gasteiger partial charge on any atom is 0.349 e. The highest BCUT2D eigenvalue weighted by Crippen LogP contribution is 2.25. The van der Waals surface area contributed by atoms with Gasteiger partial charge < -0.3 is 8.83 Å². The van der Waals surface area contributed by atoms with Crippen molar-refractivity contribution in [2.45, 2.75) is 6.92 Å². The number of hydrogen-bond donors (Lipinski definition) is 0. The smallest absolute Gasteiger partial charge is 0.349 e. The first-order valence-electron chi connectivity index (χ1n) is 7.26. The van der Waals surface area contributed by atoms with E-state index in [4.69, 9.17) is 8.83 Å². The topological polar surface area (TPSA) is 56.2 Å². The molecule has 112 valence electrons. The summed E-state index contributed by atoms with van der Waals surface area (Å²) in [6, 6.07) is 17.1. The zero-order valence-electron chi connectivity index (χ0n) is 12.4. The maximum atomic E-state index is 12.2. The summed E-state index contributed by atoms with van der Waals surface area (Å²) < 4.78 is 10.9. The monoisotopic (exact) mass is 303 g/mol. The summed E-state index contributed by atoms with van der Waals surface area (Å²) in [5.41, 5.74) is 3.09. The van der Waals surface area contributed by atoms with E-state index in [1.54, 1.807) is 12.3 Å². The summed E-state index contributed by atoms with van der Waals surface area (Å²) in [6.07, 6.45) is 1.55. The predicted octanol–water partition coefficient (Wildman–Crippen LogP) is 4.42. The number of aromatic nitrogens is 1. The molecule has 2 aromatic heterocycles. The molecule has 0 bridgehead atoms. The average Bonchev–Trinajstić information content (AvgIpc) is 3.05. The van der Waals surface area contributed by atoms with Crippen LogP contribution < -0.4 is 5.63 Å². The fourth-order valence-electron chi connectivity index (χ4n) is 2.51. The third-order valence-electron chi connectivity index (χ3n) is 3.70. The number of rotatable bonds is 2. The normalized spacial score (nSPS) is 11.0. The molecule has 23 heavy (non-hydrogen) atoms. The van der Waals surface area contributed by atoms with Crippen molar-refractivity contribution in [2.75, 3.05) is 0 Å². The van der Waals surface area contributed by atoms with Crippen molar-refractivity contribution in [3.63, 3.8) is 0 Å². The maximum absolute atomic E-state index is 12.2. The second-order valence-electron chi connectivity index (χ2n) is 5.39. The number of hydrogen-bond acceptors (Lipinski definition) is 4. The Kier molecular flexibility index (Phi) is 3.08. The van der Waals surface area contributed by atoms with E-state index in [2.05, 4.69) is 4.98 Å². The molecule has 0 aliphatic heterocycles. The van der Waals surface area contributed by atoms with Gasteiger partial charge in [0.15, 0.2) is 0 Å². The van der Waals surface area contributed by atoms with Crippen LogP contribution in [0.1, 0.15) is 5.56 Å². The molecule has 0 spiro atoms. The fourth-order valence-corrected chi connectivity index (χ4v) is 2.51. The lowest BCUT2D eigenvalue weighted by Gasteiger charge is -2.00. The minimum atomic E-state index is -0.454. The zero-order valence-corrected chi connectivity index (χ0v) is 12.4. The number of oxazole rings is 1. The number of aryl methyl sites for hydroxylation is 1. The third-order valence-corrected chi connectivity index (χ3v) is 3.70. The van der Waals surface area contributed by atoms with Gasteiger partial charge in [0, 0.05) is 10.9 Å². The van der Waals surface area contributed by atoms with Gasteiger partial charge in [-0.2, -0.15) is 0 Å². The Bertz CT molecular complexity index is 1050. The van der Waals surface area contributed by atoms with Crippen LogP contribution in [-0.4, -0.2) is 4.98 Å². The molecular formula is C19H13NO3. The van der Waals surface area contributed by atoms with Crippen molar-refractivity contribution >= 4 is 11.0 Å². The SMILES string of the molecule is Cc1ccc2cc(-c3nc(-c4ccccc4)co3)c(=O)oc2c1. The molecule has 4 nitrogen and oxygen atoms in total. The van der Waals surface area contributed by atoms with Crippen LogP contribution in [0.25, 0.3) is 33.7 Å². The minimum absolute atomic E-state index is 0.264. The van der Waals surface area contributed by atoms with Gasteiger partial charge in [-0.3, -0.25) is 0 Å². The fraction of sp³-hybridized carbons (Fsp3) is 0.0526. The summed E-state index contributed by atoms with van der Waals surface area (Å²) >= 11 is 0. The summed E-state index contributed by atoms with van der Waals surface area (Å²) in [5, 5.41) is 0.838. The van der Waals surface area contributed by atoms with Gasteiger partial charge in [-0.1, -0.05) is 42.5 Å². The third kappa shape index (κ3) is 2.44. The van der Waals surface area contributed by atoms with E-state index in [1.807, 2.05) is 55.5 Å². The molecule has 0 radical (unpaired) electrons. The van der Waals surface area contributed by atoms with E-state index in [9.17, 15) is 4.79 Å². The second kappa shape index (κ2) is 5.25. The van der Waals surface area contributed by atoms with Gasteiger partial charge in [0.05, 0.1) is 0 Å². The molecule has 0 amide bonds. The molecule has 0 atom stereocenters. The van der Waals surface area contributed by atoms with Gasteiger partial charge in [-0.15, -0.1) is 0 Å². The number of nitrogens with zero attached hydrogens (tertiary/aromatic N) is 1. The number of benzene rings is 2. The van der Waals surface area contributed by atoms with Crippen LogP contribution in [0, 0.1) is 6.92 Å². The predicted molar refractivity (Wildman–Crippen MR) is 88.2 cm³/mol. The highest BCUT2D eigenvalue weighted by atomic mass is 16.4. The lowest BCUT2D eigenvalue weighted by atomic mass is 10.1. The molecule has 0 saturated heterocycles. The molecule has 0 fully saturated rings. The van der Waals surface area contributed by atoms with Crippen molar-refractivity contribution in [2.24, 2.45) is 0 Å². The standard InChI is InChI=1S/C19H13NO3/c1-12-7-8-14-10-15(19(21)23-17(14)9-12)18-20-16(11-22-18)13-5-3-2-4-6-13/h2-11H,1H3. The lowest BCUT2D eigenvalue weighted by Crippen LogP contribution is -2.02. The van der Waals surface area contributed by atoms with E-state index in [0.29, 0.717) is 16.8 Å². The van der Waals surface area contributed by atoms with Gasteiger partial charge in [0.2, 0.25) is 5.89 Å². The Balaban J connectivity index is 1.83. The molecule has 0 unspecified atom stereocenters. The molecule has 2 aromatic carbocycles. The van der Waals surface area contributed by atoms with E-state index < -0.39 is 5.63 Å². The highest BCUT2D eigenvalue weighted by Gasteiger charge is 2.14. The molecule has 0 N–H and O–H groups in total. The van der Waals surface area contributed by atoms with Crippen LogP contribution in [0.4, 0.5) is 0 Å². The summed E-state index contributed by atoms with van der Waals surface area (Å²) in [5.74, 6) is 0.264. The van der Waals surface area contributed by atoms with E-state index >= 15 is 0 Å². The molecular weight excluding hydrogens is 290 g/mol. The summed E-state index contributed by atoms with van der Waals surface area (Å²) in [6.45, 7) is 1.95. The number of fused-ring (bicyclic) bond motifs is 1. The molecule has 0 aliphatic rings. The van der Waals surface area contributed by atoms with Gasteiger partial charge >= 0.3 is 5.63 Å². The summed E-state index contributed by atoms with van der Waals surface area (Å²) in [4.78, 5) is 16.6. The molecule has 4 rings (SSSR count). The minimum Gasteiger partial charge on any atom is -0.444 e. The second-order valence-corrected chi connectivity index (χ2v) is 5.39. The van der Waals surface area contributed by atoms with Crippen LogP contribution in [0.3, 0.4) is 0 Å². The van der Waals surface area contributed by atoms with Crippen LogP contribution in [0.15, 0.2) is 74.5 Å². The van der Waals surface area contributed by atoms with Gasteiger partial charge in [-0.25, -0.2) is 9.78 Å². The Morgan fingerprint density at radius 2 is 1.83 bits per heavy atom. The first-order valence-corrected chi connectivity index (χ1v) is 7.26. The average molecular weight is 303 g/mol. The zero-order chi connectivity index (χ0) is 15.8. The first kappa shape index (κ1) is 13.5. The molecule has 4 aromatic rings. The van der Waals surface area contributed by atoms with Gasteiger partial charge in [0.25, 0.3) is 0 Å². The van der Waals surface area contributed by atoms with E-state index in [0.717, 1.165) is 16.5 Å². The van der Waals surface area contributed by atoms with Crippen LogP contribution in [0.5, 0.6) is 0 Å². The lowest BCUT2D eigenvalue weighted by molar-refractivity contribution is 0.543. The van der Waals surface area contributed by atoms with Gasteiger partial charge in [-0.05, 0) is 24.6 Å². The van der Waals surface area contributed by atoms with Crippen molar-refractivity contribution in [1.82, 2.24) is 4.98 Å². The highest BCUT2D eigenvalue weighted by molar-refractivity contribution is 5.81. The summed E-state index contributed by atoms with van der Waals surface area (Å²) in [7, 11) is 0. The molecule has 4 heteroatoms. The van der Waals surface area contributed by atoms with E-state index in [-0.39, 0.29) is 5.89 Å². The molecule has 0 saturated carbocycles. The van der Waals surface area contributed by atoms with Crippen molar-refractivity contribution in [1.29, 1.82) is 0 Å². The van der Waals surface area contributed by atoms with Gasteiger partial charge in [0.1, 0.15) is 23.1 Å². The van der Waals surface area contributed by atoms with Crippen molar-refractivity contribution < 1.29 is 8.83 Å². The van der Waals surface area contributed by atoms with E-state index in [1.165, 1.54) is 0 Å². The Labute approximate surface area is 132 Å². The van der Waals surface area contributed by atoms with Crippen LogP contribution in [0.2, 0.25) is 0 Å². The Morgan fingerprint density at radius 1 is 1.00 bits per heavy atom. The van der Waals surface area contributed by atoms with Crippen molar-refractivity contribution in [3.8, 4) is 22.7 Å². The largest absolute Gasteiger partial charge is 0.444 e. The Hall–Kier alpha value is -3.14. The van der Waals surface area contributed by atoms with Crippen LogP contribution >= 0.6 is 0 Å². The van der Waals surface area contributed by atoms with Crippen molar-refractivity contribution in [3.05, 3.63) is 76.8 Å². The van der Waals surface area contributed by atoms with Crippen LogP contribution in [-0.2, 0) is 0 Å².